The van der Waals surface area contributed by atoms with Gasteiger partial charge in [0.2, 0.25) is 0 Å². The third-order valence-corrected chi connectivity index (χ3v) is 4.23. The number of urea groups is 1. The van der Waals surface area contributed by atoms with Crippen molar-refractivity contribution >= 4 is 23.6 Å². The van der Waals surface area contributed by atoms with Crippen LogP contribution in [0, 0.1) is 0 Å². The van der Waals surface area contributed by atoms with Crippen LogP contribution in [0.1, 0.15) is 32.4 Å². The zero-order chi connectivity index (χ0) is 16.4. The average Bonchev–Trinajstić information content (AvgIpc) is 2.44. The molecule has 0 aliphatic heterocycles. The highest BCUT2D eigenvalue weighted by molar-refractivity contribution is 6.31. The van der Waals surface area contributed by atoms with Crippen molar-refractivity contribution in [2.75, 3.05) is 14.1 Å². The molecule has 0 fully saturated rings. The van der Waals surface area contributed by atoms with Crippen molar-refractivity contribution in [3.05, 3.63) is 34.9 Å². The number of carbonyl (C=O) groups is 2. The predicted molar refractivity (Wildman–Crippen MR) is 82.5 cm³/mol. The number of likely N-dealkylation sites (N-methyl/N-ethyl adjacent to an activating group) is 1. The lowest BCUT2D eigenvalue weighted by atomic mass is 10.0. The number of carboxylic acids is 1. The van der Waals surface area contributed by atoms with E-state index >= 15 is 0 Å². The maximum absolute atomic E-state index is 12.5. The molecule has 0 saturated carbocycles. The van der Waals surface area contributed by atoms with Crippen LogP contribution in [0.2, 0.25) is 5.02 Å². The first-order chi connectivity index (χ1) is 9.60. The van der Waals surface area contributed by atoms with Crippen molar-refractivity contribution in [2.45, 2.75) is 32.4 Å². The Kier molecular flexibility index (Phi) is 5.23. The number of benzene rings is 1. The quantitative estimate of drug-likeness (QED) is 0.928. The molecule has 1 rings (SSSR count). The van der Waals surface area contributed by atoms with Crippen LogP contribution in [0.15, 0.2) is 24.3 Å². The molecule has 0 saturated heterocycles. The lowest BCUT2D eigenvalue weighted by Crippen LogP contribution is -2.54. The van der Waals surface area contributed by atoms with E-state index in [9.17, 15) is 14.7 Å². The van der Waals surface area contributed by atoms with Crippen LogP contribution in [-0.2, 0) is 4.79 Å². The first-order valence-electron chi connectivity index (χ1n) is 6.59. The van der Waals surface area contributed by atoms with Crippen LogP contribution < -0.4 is 0 Å². The summed E-state index contributed by atoms with van der Waals surface area (Å²) >= 11 is 6.14. The number of carbonyl (C=O) groups excluding carboxylic acids is 1. The zero-order valence-electron chi connectivity index (χ0n) is 12.9. The van der Waals surface area contributed by atoms with Gasteiger partial charge in [0, 0.05) is 19.1 Å². The standard InChI is InChI=1S/C15H21ClN2O3/c1-10(11-8-6-7-9-12(11)16)17(4)14(21)18(5)15(2,3)13(19)20/h6-10H,1-5H3,(H,19,20). The zero-order valence-corrected chi connectivity index (χ0v) is 13.7. The number of rotatable bonds is 4. The average molecular weight is 313 g/mol. The maximum atomic E-state index is 12.5. The minimum Gasteiger partial charge on any atom is -0.480 e. The van der Waals surface area contributed by atoms with E-state index in [0.717, 1.165) is 5.56 Å². The van der Waals surface area contributed by atoms with Gasteiger partial charge in [-0.25, -0.2) is 9.59 Å². The summed E-state index contributed by atoms with van der Waals surface area (Å²) in [4.78, 5) is 26.4. The highest BCUT2D eigenvalue weighted by Crippen LogP contribution is 2.27. The van der Waals surface area contributed by atoms with E-state index in [4.69, 9.17) is 11.6 Å². The van der Waals surface area contributed by atoms with Gasteiger partial charge in [-0.05, 0) is 32.4 Å². The van der Waals surface area contributed by atoms with Gasteiger partial charge < -0.3 is 14.9 Å². The third kappa shape index (κ3) is 3.47. The molecule has 1 atom stereocenters. The molecule has 1 unspecified atom stereocenters. The largest absolute Gasteiger partial charge is 0.480 e. The first kappa shape index (κ1) is 17.3. The summed E-state index contributed by atoms with van der Waals surface area (Å²) in [5.74, 6) is -1.06. The van der Waals surface area contributed by atoms with Crippen LogP contribution in [0.25, 0.3) is 0 Å². The van der Waals surface area contributed by atoms with Gasteiger partial charge in [-0.15, -0.1) is 0 Å². The Bertz CT molecular complexity index is 545. The van der Waals surface area contributed by atoms with E-state index in [1.807, 2.05) is 25.1 Å². The number of carboxylic acid groups (broad SMARTS) is 1. The summed E-state index contributed by atoms with van der Waals surface area (Å²) in [6, 6.07) is 6.63. The van der Waals surface area contributed by atoms with Gasteiger partial charge in [0.05, 0.1) is 6.04 Å². The van der Waals surface area contributed by atoms with E-state index in [-0.39, 0.29) is 12.1 Å². The van der Waals surface area contributed by atoms with E-state index in [1.165, 1.54) is 30.7 Å². The fraction of sp³-hybridized carbons (Fsp3) is 0.467. The number of halogens is 1. The highest BCUT2D eigenvalue weighted by Gasteiger charge is 2.37. The molecular formula is C15H21ClN2O3. The Balaban J connectivity index is 2.98. The summed E-state index contributed by atoms with van der Waals surface area (Å²) in [7, 11) is 3.11. The fourth-order valence-electron chi connectivity index (χ4n) is 1.81. The van der Waals surface area contributed by atoms with Crippen molar-refractivity contribution < 1.29 is 14.7 Å². The van der Waals surface area contributed by atoms with Crippen molar-refractivity contribution in [2.24, 2.45) is 0 Å². The second-order valence-corrected chi connectivity index (χ2v) is 5.92. The van der Waals surface area contributed by atoms with Crippen LogP contribution in [0.4, 0.5) is 4.79 Å². The van der Waals surface area contributed by atoms with Gasteiger partial charge in [-0.1, -0.05) is 29.8 Å². The molecular weight excluding hydrogens is 292 g/mol. The van der Waals surface area contributed by atoms with Gasteiger partial charge in [0.1, 0.15) is 5.54 Å². The van der Waals surface area contributed by atoms with E-state index in [2.05, 4.69) is 0 Å². The first-order valence-corrected chi connectivity index (χ1v) is 6.97. The maximum Gasteiger partial charge on any atom is 0.329 e. The second kappa shape index (κ2) is 6.35. The van der Waals surface area contributed by atoms with Crippen molar-refractivity contribution in [3.63, 3.8) is 0 Å². The Morgan fingerprint density at radius 1 is 1.24 bits per heavy atom. The molecule has 0 aliphatic rings. The molecule has 0 bridgehead atoms. The SMILES string of the molecule is CC(c1ccccc1Cl)N(C)C(=O)N(C)C(C)(C)C(=O)O. The normalized spacial score (nSPS) is 12.7. The van der Waals surface area contributed by atoms with Crippen molar-refractivity contribution in [3.8, 4) is 0 Å². The van der Waals surface area contributed by atoms with Gasteiger partial charge in [-0.2, -0.15) is 0 Å². The molecule has 0 heterocycles. The van der Waals surface area contributed by atoms with E-state index in [1.54, 1.807) is 13.1 Å². The smallest absolute Gasteiger partial charge is 0.329 e. The number of nitrogens with zero attached hydrogens (tertiary/aromatic N) is 2. The molecule has 2 amide bonds. The molecule has 5 nitrogen and oxygen atoms in total. The Hall–Kier alpha value is -1.75. The predicted octanol–water partition coefficient (Wildman–Crippen LogP) is 3.25. The molecule has 0 aromatic heterocycles. The van der Waals surface area contributed by atoms with Gasteiger partial charge >= 0.3 is 12.0 Å². The highest BCUT2D eigenvalue weighted by atomic mass is 35.5. The Morgan fingerprint density at radius 2 is 1.76 bits per heavy atom. The second-order valence-electron chi connectivity index (χ2n) is 5.51. The number of hydrogen-bond acceptors (Lipinski definition) is 2. The molecule has 6 heteroatoms. The van der Waals surface area contributed by atoms with Crippen LogP contribution in [0.3, 0.4) is 0 Å². The van der Waals surface area contributed by atoms with E-state index in [0.29, 0.717) is 5.02 Å². The molecule has 0 aliphatic carbocycles. The monoisotopic (exact) mass is 312 g/mol. The molecule has 1 aromatic rings. The minimum absolute atomic E-state index is 0.266. The molecule has 21 heavy (non-hydrogen) atoms. The third-order valence-electron chi connectivity index (χ3n) is 3.89. The minimum atomic E-state index is -1.29. The summed E-state index contributed by atoms with van der Waals surface area (Å²) in [5, 5.41) is 9.78. The number of amides is 2. The Labute approximate surface area is 130 Å². The summed E-state index contributed by atoms with van der Waals surface area (Å²) in [6.45, 7) is 4.82. The van der Waals surface area contributed by atoms with Crippen LogP contribution >= 0.6 is 11.6 Å². The molecule has 116 valence electrons. The molecule has 0 radical (unpaired) electrons. The summed E-state index contributed by atoms with van der Waals surface area (Å²) in [6.07, 6.45) is 0. The van der Waals surface area contributed by atoms with Gasteiger partial charge in [0.15, 0.2) is 0 Å². The van der Waals surface area contributed by atoms with Gasteiger partial charge in [0.25, 0.3) is 0 Å². The molecule has 0 spiro atoms. The van der Waals surface area contributed by atoms with Gasteiger partial charge in [-0.3, -0.25) is 0 Å². The Morgan fingerprint density at radius 3 is 2.24 bits per heavy atom. The lowest BCUT2D eigenvalue weighted by Gasteiger charge is -2.37. The molecule has 1 N–H and O–H groups in total. The summed E-state index contributed by atoms with van der Waals surface area (Å²) in [5.41, 5.74) is -0.470. The van der Waals surface area contributed by atoms with Crippen LogP contribution in [0.5, 0.6) is 0 Å². The fourth-order valence-corrected chi connectivity index (χ4v) is 2.10. The molecule has 1 aromatic carbocycles. The van der Waals surface area contributed by atoms with E-state index < -0.39 is 11.5 Å². The lowest BCUT2D eigenvalue weighted by molar-refractivity contribution is -0.147. The summed E-state index contributed by atoms with van der Waals surface area (Å²) < 4.78 is 0. The number of aliphatic carboxylic acids is 1. The van der Waals surface area contributed by atoms with Crippen molar-refractivity contribution in [1.82, 2.24) is 9.80 Å². The number of hydrogen-bond donors (Lipinski definition) is 1. The van der Waals surface area contributed by atoms with Crippen LogP contribution in [-0.4, -0.2) is 46.5 Å². The topological polar surface area (TPSA) is 60.9 Å². The van der Waals surface area contributed by atoms with Crippen molar-refractivity contribution in [1.29, 1.82) is 0 Å².